The molecule has 0 aliphatic rings. The third kappa shape index (κ3) is 10.4. The van der Waals surface area contributed by atoms with Crippen LogP contribution in [0.3, 0.4) is 0 Å². The lowest BCUT2D eigenvalue weighted by molar-refractivity contribution is -0.143. The van der Waals surface area contributed by atoms with Gasteiger partial charge >= 0.3 is 5.97 Å². The van der Waals surface area contributed by atoms with Gasteiger partial charge in [0.15, 0.2) is 0 Å². The van der Waals surface area contributed by atoms with Crippen LogP contribution < -0.4 is 27.4 Å². The van der Waals surface area contributed by atoms with Crippen molar-refractivity contribution >= 4 is 29.6 Å². The van der Waals surface area contributed by atoms with E-state index < -0.39 is 60.4 Å². The highest BCUT2D eigenvalue weighted by atomic mass is 16.4. The summed E-state index contributed by atoms with van der Waals surface area (Å²) in [6.45, 7) is 4.30. The molecule has 0 aliphatic heterocycles. The Morgan fingerprint density at radius 1 is 0.897 bits per heavy atom. The minimum absolute atomic E-state index is 0.176. The van der Waals surface area contributed by atoms with E-state index in [1.807, 2.05) is 13.8 Å². The Bertz CT molecular complexity index is 611. The van der Waals surface area contributed by atoms with Crippen molar-refractivity contribution in [3.8, 4) is 0 Å². The molecule has 0 bridgehead atoms. The quantitative estimate of drug-likeness (QED) is 0.165. The van der Waals surface area contributed by atoms with E-state index in [2.05, 4.69) is 16.0 Å². The lowest BCUT2D eigenvalue weighted by Gasteiger charge is -2.23. The van der Waals surface area contributed by atoms with Crippen LogP contribution in [0.4, 0.5) is 0 Å². The van der Waals surface area contributed by atoms with Gasteiger partial charge in [-0.15, -0.1) is 0 Å². The molecule has 0 radical (unpaired) electrons. The van der Waals surface area contributed by atoms with Crippen LogP contribution in [0.2, 0.25) is 0 Å². The molecule has 0 saturated heterocycles. The molecule has 0 aliphatic carbocycles. The Morgan fingerprint density at radius 2 is 1.45 bits per heavy atom. The number of nitrogens with one attached hydrogen (secondary N) is 3. The number of hydrogen-bond acceptors (Lipinski definition) is 7. The Morgan fingerprint density at radius 3 is 1.90 bits per heavy atom. The number of aliphatic carboxylic acids is 1. The van der Waals surface area contributed by atoms with Crippen molar-refractivity contribution in [1.29, 1.82) is 0 Å². The molecule has 4 amide bonds. The van der Waals surface area contributed by atoms with Crippen molar-refractivity contribution < 1.29 is 34.2 Å². The zero-order chi connectivity index (χ0) is 22.7. The van der Waals surface area contributed by atoms with E-state index in [4.69, 9.17) is 21.7 Å². The summed E-state index contributed by atoms with van der Waals surface area (Å²) >= 11 is 0. The average Bonchev–Trinajstić information content (AvgIpc) is 2.61. The first-order valence-corrected chi connectivity index (χ1v) is 9.17. The zero-order valence-electron chi connectivity index (χ0n) is 16.8. The maximum absolute atomic E-state index is 12.3. The Hall–Kier alpha value is -2.73. The van der Waals surface area contributed by atoms with Crippen LogP contribution in [-0.4, -0.2) is 70.6 Å². The minimum atomic E-state index is -1.58. The van der Waals surface area contributed by atoms with Gasteiger partial charge in [-0.3, -0.25) is 19.2 Å². The fourth-order valence-corrected chi connectivity index (χ4v) is 2.31. The van der Waals surface area contributed by atoms with Crippen LogP contribution in [0.15, 0.2) is 0 Å². The SMILES string of the molecule is CC(C)CC(N)C(=O)NC(C)C(=O)NC(CCC(N)=O)C(=O)NC(CO)C(=O)O. The molecule has 0 aromatic heterocycles. The molecule has 29 heavy (non-hydrogen) atoms. The summed E-state index contributed by atoms with van der Waals surface area (Å²) in [6.07, 6.45) is -0.0328. The summed E-state index contributed by atoms with van der Waals surface area (Å²) in [4.78, 5) is 58.6. The first kappa shape index (κ1) is 26.3. The summed E-state index contributed by atoms with van der Waals surface area (Å²) in [6, 6.07) is -4.73. The fourth-order valence-electron chi connectivity index (χ4n) is 2.31. The maximum Gasteiger partial charge on any atom is 0.328 e. The van der Waals surface area contributed by atoms with Gasteiger partial charge in [0.05, 0.1) is 12.6 Å². The van der Waals surface area contributed by atoms with Gasteiger partial charge in [-0.2, -0.15) is 0 Å². The molecule has 0 heterocycles. The predicted octanol–water partition coefficient (Wildman–Crippen LogP) is -2.82. The molecular weight excluding hydrogens is 386 g/mol. The van der Waals surface area contributed by atoms with E-state index in [1.54, 1.807) is 0 Å². The molecule has 0 saturated carbocycles. The molecule has 0 aromatic carbocycles. The highest BCUT2D eigenvalue weighted by molar-refractivity contribution is 5.94. The van der Waals surface area contributed by atoms with E-state index in [9.17, 15) is 24.0 Å². The summed E-state index contributed by atoms with van der Waals surface area (Å²) in [5, 5.41) is 24.7. The zero-order valence-corrected chi connectivity index (χ0v) is 16.8. The molecule has 0 aromatic rings. The summed E-state index contributed by atoms with van der Waals surface area (Å²) in [7, 11) is 0. The number of carboxylic acid groups (broad SMARTS) is 1. The third-order valence-corrected chi connectivity index (χ3v) is 3.92. The highest BCUT2D eigenvalue weighted by Gasteiger charge is 2.28. The number of aliphatic hydroxyl groups is 1. The summed E-state index contributed by atoms with van der Waals surface area (Å²) in [5.41, 5.74) is 10.8. The van der Waals surface area contributed by atoms with E-state index in [1.165, 1.54) is 6.92 Å². The van der Waals surface area contributed by atoms with Gasteiger partial charge in [0.2, 0.25) is 23.6 Å². The second-order valence-electron chi connectivity index (χ2n) is 7.11. The molecule has 166 valence electrons. The van der Waals surface area contributed by atoms with E-state index >= 15 is 0 Å². The smallest absolute Gasteiger partial charge is 0.328 e. The van der Waals surface area contributed by atoms with Crippen molar-refractivity contribution in [3.05, 3.63) is 0 Å². The number of amides is 4. The minimum Gasteiger partial charge on any atom is -0.480 e. The number of carbonyl (C=O) groups is 5. The molecule has 4 unspecified atom stereocenters. The van der Waals surface area contributed by atoms with E-state index in [0.29, 0.717) is 6.42 Å². The Balaban J connectivity index is 5.05. The molecule has 0 spiro atoms. The molecule has 4 atom stereocenters. The lowest BCUT2D eigenvalue weighted by Crippen LogP contribution is -2.57. The first-order chi connectivity index (χ1) is 13.4. The summed E-state index contributed by atoms with van der Waals surface area (Å²) in [5.74, 6) is -4.22. The van der Waals surface area contributed by atoms with Gasteiger partial charge in [0, 0.05) is 6.42 Å². The maximum atomic E-state index is 12.3. The highest BCUT2D eigenvalue weighted by Crippen LogP contribution is 2.04. The van der Waals surface area contributed by atoms with Crippen molar-refractivity contribution in [3.63, 3.8) is 0 Å². The second-order valence-corrected chi connectivity index (χ2v) is 7.11. The van der Waals surface area contributed by atoms with Crippen molar-refractivity contribution in [2.45, 2.75) is 64.2 Å². The van der Waals surface area contributed by atoms with Crippen LogP contribution in [0.5, 0.6) is 0 Å². The normalized spacial score (nSPS) is 15.0. The Labute approximate surface area is 168 Å². The van der Waals surface area contributed by atoms with Crippen LogP contribution in [0.25, 0.3) is 0 Å². The van der Waals surface area contributed by atoms with Gasteiger partial charge < -0.3 is 37.6 Å². The number of carbonyl (C=O) groups excluding carboxylic acids is 4. The number of rotatable bonds is 13. The van der Waals surface area contributed by atoms with Crippen LogP contribution in [0, 0.1) is 5.92 Å². The fraction of sp³-hybridized carbons (Fsp3) is 0.706. The Kier molecular flexibility index (Phi) is 11.5. The van der Waals surface area contributed by atoms with Gasteiger partial charge in [0.25, 0.3) is 0 Å². The molecule has 12 nitrogen and oxygen atoms in total. The number of aliphatic hydroxyl groups excluding tert-OH is 1. The first-order valence-electron chi connectivity index (χ1n) is 9.17. The van der Waals surface area contributed by atoms with Gasteiger partial charge in [0.1, 0.15) is 18.1 Å². The molecule has 0 fully saturated rings. The summed E-state index contributed by atoms with van der Waals surface area (Å²) < 4.78 is 0. The molecule has 9 N–H and O–H groups in total. The number of nitrogens with two attached hydrogens (primary N) is 2. The standard InChI is InChI=1S/C17H31N5O7/c1-8(2)6-10(18)15(26)20-9(3)14(25)21-11(4-5-13(19)24)16(27)22-12(7-23)17(28)29/h8-12,23H,4-7,18H2,1-3H3,(H2,19,24)(H,20,26)(H,21,25)(H,22,27)(H,28,29). The van der Waals surface area contributed by atoms with Crippen LogP contribution in [0.1, 0.15) is 40.0 Å². The van der Waals surface area contributed by atoms with Crippen LogP contribution in [-0.2, 0) is 24.0 Å². The predicted molar refractivity (Wildman–Crippen MR) is 102 cm³/mol. The topological polar surface area (TPSA) is 214 Å². The van der Waals surface area contributed by atoms with Crippen molar-refractivity contribution in [2.75, 3.05) is 6.61 Å². The van der Waals surface area contributed by atoms with E-state index in [0.717, 1.165) is 0 Å². The average molecular weight is 417 g/mol. The van der Waals surface area contributed by atoms with Crippen molar-refractivity contribution in [2.24, 2.45) is 17.4 Å². The van der Waals surface area contributed by atoms with E-state index in [-0.39, 0.29) is 18.8 Å². The van der Waals surface area contributed by atoms with Gasteiger partial charge in [-0.25, -0.2) is 4.79 Å². The van der Waals surface area contributed by atoms with Crippen LogP contribution >= 0.6 is 0 Å². The number of primary amides is 1. The van der Waals surface area contributed by atoms with Gasteiger partial charge in [-0.05, 0) is 25.7 Å². The molecular formula is C17H31N5O7. The third-order valence-electron chi connectivity index (χ3n) is 3.92. The largest absolute Gasteiger partial charge is 0.480 e. The molecule has 12 heteroatoms. The molecule has 0 rings (SSSR count). The number of carboxylic acids is 1. The second kappa shape index (κ2) is 12.7. The van der Waals surface area contributed by atoms with Gasteiger partial charge in [-0.1, -0.05) is 13.8 Å². The lowest BCUT2D eigenvalue weighted by atomic mass is 10.0. The number of hydrogen-bond donors (Lipinski definition) is 7. The monoisotopic (exact) mass is 417 g/mol. The van der Waals surface area contributed by atoms with Crippen molar-refractivity contribution in [1.82, 2.24) is 16.0 Å².